The van der Waals surface area contributed by atoms with Gasteiger partial charge in [-0.25, -0.2) is 9.67 Å². The summed E-state index contributed by atoms with van der Waals surface area (Å²) in [6.45, 7) is 2.15. The summed E-state index contributed by atoms with van der Waals surface area (Å²) in [6, 6.07) is 13.6. The molecule has 1 saturated heterocycles. The van der Waals surface area contributed by atoms with Crippen molar-refractivity contribution in [3.05, 3.63) is 64.2 Å². The summed E-state index contributed by atoms with van der Waals surface area (Å²) in [6.07, 6.45) is 5.24. The Labute approximate surface area is 182 Å². The number of carbonyl (C=O) groups is 1. The lowest BCUT2D eigenvalue weighted by Crippen LogP contribution is -2.41. The number of pyridine rings is 1. The van der Waals surface area contributed by atoms with E-state index in [2.05, 4.69) is 36.2 Å². The number of nitrogens with one attached hydrogen (secondary N) is 1. The van der Waals surface area contributed by atoms with Crippen molar-refractivity contribution < 1.29 is 4.79 Å². The highest BCUT2D eigenvalue weighted by Crippen LogP contribution is 2.20. The first-order valence-electron chi connectivity index (χ1n) is 9.45. The van der Waals surface area contributed by atoms with Crippen LogP contribution in [0.2, 0.25) is 0 Å². The van der Waals surface area contributed by atoms with Crippen molar-refractivity contribution in [2.75, 3.05) is 18.4 Å². The van der Waals surface area contributed by atoms with Crippen LogP contribution in [0, 0.1) is 10.7 Å². The largest absolute Gasteiger partial charge is 0.310 e. The van der Waals surface area contributed by atoms with E-state index in [1.54, 1.807) is 23.3 Å². The molecule has 1 amide bonds. The number of piperidine rings is 1. The highest BCUT2D eigenvalue weighted by Gasteiger charge is 2.26. The van der Waals surface area contributed by atoms with Crippen molar-refractivity contribution >= 4 is 39.9 Å². The average molecular weight is 473 g/mol. The smallest absolute Gasteiger partial charge is 0.229 e. The first kappa shape index (κ1) is 19.9. The Morgan fingerprint density at radius 3 is 2.83 bits per heavy atom. The van der Waals surface area contributed by atoms with Gasteiger partial charge in [0.2, 0.25) is 10.7 Å². The number of likely N-dealkylation sites (tertiary alicyclic amines) is 1. The standard InChI is InChI=1S/C20H21BrN6OS/c21-16-8-9-18(22-11-16)24-19(28)15-5-4-10-25(12-15)14-27-20(29)26(13-23-27)17-6-2-1-3-7-17/h1-3,6-9,11,13,15H,4-5,10,12,14H2,(H,22,24,28). The quantitative estimate of drug-likeness (QED) is 0.570. The topological polar surface area (TPSA) is 68.0 Å². The third kappa shape index (κ3) is 4.80. The average Bonchev–Trinajstić information content (AvgIpc) is 3.11. The Morgan fingerprint density at radius 2 is 2.07 bits per heavy atom. The van der Waals surface area contributed by atoms with Crippen molar-refractivity contribution in [3.8, 4) is 5.69 Å². The number of hydrogen-bond acceptors (Lipinski definition) is 5. The lowest BCUT2D eigenvalue weighted by atomic mass is 9.97. The third-order valence-electron chi connectivity index (χ3n) is 4.96. The van der Waals surface area contributed by atoms with Crippen LogP contribution in [0.1, 0.15) is 12.8 Å². The highest BCUT2D eigenvalue weighted by molar-refractivity contribution is 9.10. The molecule has 9 heteroatoms. The molecular formula is C20H21BrN6OS. The Hall–Kier alpha value is -2.36. The molecule has 0 spiro atoms. The van der Waals surface area contributed by atoms with Crippen LogP contribution in [0.3, 0.4) is 0 Å². The van der Waals surface area contributed by atoms with Gasteiger partial charge in [-0.05, 0) is 71.8 Å². The summed E-state index contributed by atoms with van der Waals surface area (Å²) in [4.78, 5) is 19.1. The normalized spacial score (nSPS) is 17.2. The first-order valence-corrected chi connectivity index (χ1v) is 10.6. The van der Waals surface area contributed by atoms with E-state index in [9.17, 15) is 4.79 Å². The number of hydrogen-bond donors (Lipinski definition) is 1. The summed E-state index contributed by atoms with van der Waals surface area (Å²) in [5, 5.41) is 7.37. The lowest BCUT2D eigenvalue weighted by molar-refractivity contribution is -0.121. The highest BCUT2D eigenvalue weighted by atomic mass is 79.9. The Morgan fingerprint density at radius 1 is 1.24 bits per heavy atom. The van der Waals surface area contributed by atoms with E-state index in [-0.39, 0.29) is 11.8 Å². The summed E-state index contributed by atoms with van der Waals surface area (Å²) in [5.74, 6) is 0.488. The number of halogens is 1. The number of para-hydroxylation sites is 1. The summed E-state index contributed by atoms with van der Waals surface area (Å²) in [7, 11) is 0. The van der Waals surface area contributed by atoms with E-state index >= 15 is 0 Å². The minimum Gasteiger partial charge on any atom is -0.310 e. The zero-order valence-corrected chi connectivity index (χ0v) is 18.1. The van der Waals surface area contributed by atoms with Gasteiger partial charge >= 0.3 is 0 Å². The molecule has 3 heterocycles. The van der Waals surface area contributed by atoms with Crippen molar-refractivity contribution in [2.45, 2.75) is 19.5 Å². The molecular weight excluding hydrogens is 452 g/mol. The molecule has 1 N–H and O–H groups in total. The Bertz CT molecular complexity index is 1030. The molecule has 3 aromatic rings. The van der Waals surface area contributed by atoms with Gasteiger partial charge in [-0.3, -0.25) is 14.3 Å². The third-order valence-corrected chi connectivity index (χ3v) is 5.83. The van der Waals surface area contributed by atoms with Gasteiger partial charge in [-0.15, -0.1) is 0 Å². The van der Waals surface area contributed by atoms with Gasteiger partial charge in [0, 0.05) is 22.9 Å². The maximum Gasteiger partial charge on any atom is 0.229 e. The molecule has 1 unspecified atom stereocenters. The number of aromatic nitrogens is 4. The van der Waals surface area contributed by atoms with Gasteiger partial charge in [0.15, 0.2) is 0 Å². The molecule has 7 nitrogen and oxygen atoms in total. The Balaban J connectivity index is 1.40. The molecule has 4 rings (SSSR count). The number of rotatable bonds is 5. The molecule has 0 bridgehead atoms. The molecule has 0 aliphatic carbocycles. The fourth-order valence-electron chi connectivity index (χ4n) is 3.47. The first-order chi connectivity index (χ1) is 14.1. The lowest BCUT2D eigenvalue weighted by Gasteiger charge is -2.31. The molecule has 29 heavy (non-hydrogen) atoms. The van der Waals surface area contributed by atoms with Crippen LogP contribution in [0.5, 0.6) is 0 Å². The van der Waals surface area contributed by atoms with Crippen LogP contribution in [0.25, 0.3) is 5.69 Å². The van der Waals surface area contributed by atoms with Gasteiger partial charge in [0.05, 0.1) is 12.6 Å². The van der Waals surface area contributed by atoms with Crippen LogP contribution in [-0.4, -0.2) is 43.2 Å². The van der Waals surface area contributed by atoms with Gasteiger partial charge in [-0.1, -0.05) is 18.2 Å². The summed E-state index contributed by atoms with van der Waals surface area (Å²) >= 11 is 8.95. The van der Waals surface area contributed by atoms with E-state index in [1.807, 2.05) is 41.0 Å². The molecule has 2 aromatic heterocycles. The van der Waals surface area contributed by atoms with Gasteiger partial charge in [0.25, 0.3) is 0 Å². The van der Waals surface area contributed by atoms with Crippen LogP contribution in [-0.2, 0) is 11.5 Å². The molecule has 150 valence electrons. The fraction of sp³-hybridized carbons (Fsp3) is 0.300. The predicted octanol–water partition coefficient (Wildman–Crippen LogP) is 3.87. The minimum atomic E-state index is -0.0837. The number of nitrogens with zero attached hydrogens (tertiary/aromatic N) is 5. The van der Waals surface area contributed by atoms with E-state index in [0.29, 0.717) is 23.8 Å². The SMILES string of the molecule is O=C(Nc1ccc(Br)cn1)C1CCCN(Cn2ncn(-c3ccccc3)c2=S)C1. The maximum absolute atomic E-state index is 12.7. The number of carbonyl (C=O) groups excluding carboxylic acids is 1. The van der Waals surface area contributed by atoms with E-state index < -0.39 is 0 Å². The second-order valence-corrected chi connectivity index (χ2v) is 8.31. The number of amides is 1. The zero-order chi connectivity index (χ0) is 20.2. The van der Waals surface area contributed by atoms with Crippen LogP contribution in [0.4, 0.5) is 5.82 Å². The molecule has 1 fully saturated rings. The van der Waals surface area contributed by atoms with Crippen molar-refractivity contribution in [3.63, 3.8) is 0 Å². The van der Waals surface area contributed by atoms with E-state index in [1.165, 1.54) is 0 Å². The van der Waals surface area contributed by atoms with Crippen molar-refractivity contribution in [1.29, 1.82) is 0 Å². The molecule has 0 saturated carbocycles. The van der Waals surface area contributed by atoms with E-state index in [4.69, 9.17) is 12.2 Å². The molecule has 1 aliphatic heterocycles. The Kier molecular flexibility index (Phi) is 6.17. The van der Waals surface area contributed by atoms with Crippen molar-refractivity contribution in [1.82, 2.24) is 24.2 Å². The fourth-order valence-corrected chi connectivity index (χ4v) is 3.96. The molecule has 1 atom stereocenters. The molecule has 1 aromatic carbocycles. The van der Waals surface area contributed by atoms with E-state index in [0.717, 1.165) is 29.5 Å². The molecule has 1 aliphatic rings. The monoisotopic (exact) mass is 472 g/mol. The molecule has 0 radical (unpaired) electrons. The number of anilines is 1. The van der Waals surface area contributed by atoms with Crippen LogP contribution < -0.4 is 5.32 Å². The van der Waals surface area contributed by atoms with Crippen LogP contribution >= 0.6 is 28.1 Å². The van der Waals surface area contributed by atoms with Gasteiger partial charge < -0.3 is 5.32 Å². The van der Waals surface area contributed by atoms with Crippen LogP contribution in [0.15, 0.2) is 59.5 Å². The second-order valence-electron chi connectivity index (χ2n) is 7.03. The number of benzene rings is 1. The predicted molar refractivity (Wildman–Crippen MR) is 117 cm³/mol. The summed E-state index contributed by atoms with van der Waals surface area (Å²) in [5.41, 5.74) is 0.988. The van der Waals surface area contributed by atoms with Gasteiger partial charge in [-0.2, -0.15) is 5.10 Å². The summed E-state index contributed by atoms with van der Waals surface area (Å²) < 4.78 is 5.22. The van der Waals surface area contributed by atoms with Crippen molar-refractivity contribution in [2.24, 2.45) is 5.92 Å². The maximum atomic E-state index is 12.7. The minimum absolute atomic E-state index is 0.00272. The zero-order valence-electron chi connectivity index (χ0n) is 15.7. The van der Waals surface area contributed by atoms with Gasteiger partial charge in [0.1, 0.15) is 12.1 Å². The second kappa shape index (κ2) is 8.98.